The second-order valence-electron chi connectivity index (χ2n) is 5.54. The molecular weight excluding hydrogens is 304 g/mol. The minimum Gasteiger partial charge on any atom is -0.485 e. The average molecular weight is 327 g/mol. The van der Waals surface area contributed by atoms with Gasteiger partial charge in [0.15, 0.2) is 11.5 Å². The van der Waals surface area contributed by atoms with Gasteiger partial charge in [0.1, 0.15) is 6.61 Å². The van der Waals surface area contributed by atoms with Crippen LogP contribution in [0.1, 0.15) is 19.8 Å². The van der Waals surface area contributed by atoms with E-state index in [4.69, 9.17) is 9.47 Å². The van der Waals surface area contributed by atoms with Gasteiger partial charge in [0.05, 0.1) is 0 Å². The molecule has 0 aromatic heterocycles. The lowest BCUT2D eigenvalue weighted by Crippen LogP contribution is -2.51. The maximum Gasteiger partial charge on any atom is 0.267 e. The van der Waals surface area contributed by atoms with Crippen LogP contribution >= 0.6 is 12.4 Å². The number of benzene rings is 1. The van der Waals surface area contributed by atoms with E-state index < -0.39 is 6.10 Å². The fourth-order valence-electron chi connectivity index (χ4n) is 2.95. The van der Waals surface area contributed by atoms with E-state index in [0.717, 1.165) is 32.5 Å². The molecule has 6 heteroatoms. The first-order chi connectivity index (χ1) is 10.3. The molecule has 0 radical (unpaired) electrons. The molecule has 2 aliphatic heterocycles. The Balaban J connectivity index is 0.00000176. The fraction of sp³-hybridized carbons (Fsp3) is 0.562. The first-order valence-corrected chi connectivity index (χ1v) is 7.69. The Bertz CT molecular complexity index is 506. The number of carbonyl (C=O) groups is 1. The highest BCUT2D eigenvalue weighted by atomic mass is 35.5. The zero-order valence-electron chi connectivity index (χ0n) is 12.8. The third-order valence-corrected chi connectivity index (χ3v) is 4.01. The smallest absolute Gasteiger partial charge is 0.267 e. The minimum absolute atomic E-state index is 0. The van der Waals surface area contributed by atoms with Gasteiger partial charge in [-0.05, 0) is 31.5 Å². The summed E-state index contributed by atoms with van der Waals surface area (Å²) < 4.78 is 11.5. The maximum absolute atomic E-state index is 12.8. The van der Waals surface area contributed by atoms with Crippen LogP contribution < -0.4 is 14.8 Å². The molecule has 3 rings (SSSR count). The first-order valence-electron chi connectivity index (χ1n) is 7.69. The molecule has 2 unspecified atom stereocenters. The molecule has 1 fully saturated rings. The largest absolute Gasteiger partial charge is 0.485 e. The minimum atomic E-state index is -0.535. The number of nitrogens with one attached hydrogen (secondary N) is 1. The zero-order chi connectivity index (χ0) is 14.7. The molecule has 0 saturated carbocycles. The van der Waals surface area contributed by atoms with Crippen LogP contribution in [0.25, 0.3) is 0 Å². The normalized spacial score (nSPS) is 22.8. The summed E-state index contributed by atoms with van der Waals surface area (Å²) in [6, 6.07) is 7.77. The fourth-order valence-corrected chi connectivity index (χ4v) is 2.95. The number of fused-ring (bicyclic) bond motifs is 1. The van der Waals surface area contributed by atoms with Crippen molar-refractivity contribution in [1.29, 1.82) is 0 Å². The number of carbonyl (C=O) groups excluding carboxylic acids is 1. The highest BCUT2D eigenvalue weighted by Crippen LogP contribution is 2.31. The molecule has 122 valence electrons. The Hall–Kier alpha value is -1.46. The van der Waals surface area contributed by atoms with E-state index in [2.05, 4.69) is 12.2 Å². The van der Waals surface area contributed by atoms with Gasteiger partial charge in [-0.3, -0.25) is 4.79 Å². The van der Waals surface area contributed by atoms with Crippen LogP contribution in [-0.4, -0.2) is 49.2 Å². The van der Waals surface area contributed by atoms with Crippen molar-refractivity contribution in [2.75, 3.05) is 26.2 Å². The predicted molar refractivity (Wildman–Crippen MR) is 86.9 cm³/mol. The van der Waals surface area contributed by atoms with Crippen molar-refractivity contribution < 1.29 is 14.3 Å². The van der Waals surface area contributed by atoms with Crippen LogP contribution in [0, 0.1) is 0 Å². The summed E-state index contributed by atoms with van der Waals surface area (Å²) in [5.74, 6) is 1.41. The Morgan fingerprint density at radius 3 is 2.82 bits per heavy atom. The SMILES string of the molecule is CCCN(C(=O)C1COc2ccccc2O1)C1CCNC1.Cl. The van der Waals surface area contributed by atoms with E-state index in [0.29, 0.717) is 11.5 Å². The summed E-state index contributed by atoms with van der Waals surface area (Å²) in [5, 5.41) is 3.32. The molecule has 5 nitrogen and oxygen atoms in total. The van der Waals surface area contributed by atoms with Gasteiger partial charge in [-0.1, -0.05) is 19.1 Å². The van der Waals surface area contributed by atoms with E-state index in [1.54, 1.807) is 0 Å². The summed E-state index contributed by atoms with van der Waals surface area (Å²) in [4.78, 5) is 14.7. The lowest BCUT2D eigenvalue weighted by molar-refractivity contribution is -0.143. The van der Waals surface area contributed by atoms with Crippen molar-refractivity contribution in [3.63, 3.8) is 0 Å². The molecule has 0 aliphatic carbocycles. The average Bonchev–Trinajstić information content (AvgIpc) is 3.05. The number of rotatable bonds is 4. The molecule has 2 atom stereocenters. The topological polar surface area (TPSA) is 50.8 Å². The van der Waals surface area contributed by atoms with Gasteiger partial charge in [0.2, 0.25) is 6.10 Å². The third-order valence-electron chi connectivity index (χ3n) is 4.01. The van der Waals surface area contributed by atoms with Gasteiger partial charge in [0.25, 0.3) is 5.91 Å². The number of halogens is 1. The predicted octanol–water partition coefficient (Wildman–Crippen LogP) is 1.85. The Kier molecular flexibility index (Phi) is 5.91. The maximum atomic E-state index is 12.8. The molecule has 1 N–H and O–H groups in total. The van der Waals surface area contributed by atoms with Crippen LogP contribution in [0.3, 0.4) is 0 Å². The van der Waals surface area contributed by atoms with E-state index in [1.165, 1.54) is 0 Å². The van der Waals surface area contributed by atoms with Gasteiger partial charge in [-0.15, -0.1) is 12.4 Å². The van der Waals surface area contributed by atoms with Crippen molar-refractivity contribution in [2.45, 2.75) is 31.9 Å². The van der Waals surface area contributed by atoms with Crippen LogP contribution in [0.15, 0.2) is 24.3 Å². The van der Waals surface area contributed by atoms with Gasteiger partial charge in [-0.25, -0.2) is 0 Å². The summed E-state index contributed by atoms with van der Waals surface area (Å²) in [6.07, 6.45) is 1.43. The van der Waals surface area contributed by atoms with Crippen LogP contribution in [0.2, 0.25) is 0 Å². The number of hydrogen-bond acceptors (Lipinski definition) is 4. The second kappa shape index (κ2) is 7.70. The molecule has 1 amide bonds. The molecular formula is C16H23ClN2O3. The van der Waals surface area contributed by atoms with E-state index in [1.807, 2.05) is 29.2 Å². The van der Waals surface area contributed by atoms with E-state index >= 15 is 0 Å². The monoisotopic (exact) mass is 326 g/mol. The molecule has 0 spiro atoms. The van der Waals surface area contributed by atoms with E-state index in [9.17, 15) is 4.79 Å². The van der Waals surface area contributed by atoms with Gasteiger partial charge in [-0.2, -0.15) is 0 Å². The quantitative estimate of drug-likeness (QED) is 0.917. The van der Waals surface area contributed by atoms with Crippen molar-refractivity contribution in [1.82, 2.24) is 10.2 Å². The molecule has 1 aromatic rings. The number of ether oxygens (including phenoxy) is 2. The molecule has 2 heterocycles. The number of para-hydroxylation sites is 2. The summed E-state index contributed by atoms with van der Waals surface area (Å²) in [6.45, 7) is 5.00. The molecule has 0 bridgehead atoms. The third kappa shape index (κ3) is 3.47. The molecule has 22 heavy (non-hydrogen) atoms. The molecule has 1 aromatic carbocycles. The summed E-state index contributed by atoms with van der Waals surface area (Å²) >= 11 is 0. The zero-order valence-corrected chi connectivity index (χ0v) is 13.6. The number of amides is 1. The van der Waals surface area contributed by atoms with Crippen LogP contribution in [-0.2, 0) is 4.79 Å². The highest BCUT2D eigenvalue weighted by Gasteiger charge is 2.34. The highest BCUT2D eigenvalue weighted by molar-refractivity contribution is 5.85. The number of hydrogen-bond donors (Lipinski definition) is 1. The van der Waals surface area contributed by atoms with Crippen LogP contribution in [0.5, 0.6) is 11.5 Å². The summed E-state index contributed by atoms with van der Waals surface area (Å²) in [5.41, 5.74) is 0. The van der Waals surface area contributed by atoms with Crippen molar-refractivity contribution in [3.05, 3.63) is 24.3 Å². The molecule has 1 saturated heterocycles. The van der Waals surface area contributed by atoms with E-state index in [-0.39, 0.29) is 31.0 Å². The first kappa shape index (κ1) is 16.9. The lowest BCUT2D eigenvalue weighted by Gasteiger charge is -2.33. The molecule has 2 aliphatic rings. The second-order valence-corrected chi connectivity index (χ2v) is 5.54. The lowest BCUT2D eigenvalue weighted by atomic mass is 10.1. The number of nitrogens with zero attached hydrogens (tertiary/aromatic N) is 1. The van der Waals surface area contributed by atoms with Gasteiger partial charge < -0.3 is 19.7 Å². The Morgan fingerprint density at radius 1 is 1.36 bits per heavy atom. The summed E-state index contributed by atoms with van der Waals surface area (Å²) in [7, 11) is 0. The Morgan fingerprint density at radius 2 is 2.14 bits per heavy atom. The standard InChI is InChI=1S/C16H22N2O3.ClH/c1-2-9-18(12-7-8-17-10-12)16(19)15-11-20-13-5-3-4-6-14(13)21-15;/h3-6,12,15,17H,2,7-11H2,1H3;1H. The van der Waals surface area contributed by atoms with Crippen molar-refractivity contribution >= 4 is 18.3 Å². The van der Waals surface area contributed by atoms with Gasteiger partial charge >= 0.3 is 0 Å². The van der Waals surface area contributed by atoms with Gasteiger partial charge in [0, 0.05) is 19.1 Å². The van der Waals surface area contributed by atoms with Crippen molar-refractivity contribution in [2.24, 2.45) is 0 Å². The van der Waals surface area contributed by atoms with Crippen LogP contribution in [0.4, 0.5) is 0 Å². The van der Waals surface area contributed by atoms with Crippen molar-refractivity contribution in [3.8, 4) is 11.5 Å². The Labute approximate surface area is 137 Å².